The molecular formula is C15H20. The quantitative estimate of drug-likeness (QED) is 0.637. The van der Waals surface area contributed by atoms with Crippen molar-refractivity contribution in [2.24, 2.45) is 0 Å². The van der Waals surface area contributed by atoms with Crippen LogP contribution in [0.2, 0.25) is 0 Å². The van der Waals surface area contributed by atoms with E-state index in [1.54, 1.807) is 0 Å². The summed E-state index contributed by atoms with van der Waals surface area (Å²) in [6, 6.07) is 16.7. The molecule has 0 aliphatic heterocycles. The molecule has 0 spiro atoms. The Morgan fingerprint density at radius 3 is 1.20 bits per heavy atom. The Morgan fingerprint density at radius 2 is 1.00 bits per heavy atom. The van der Waals surface area contributed by atoms with E-state index in [2.05, 4.69) is 62.4 Å². The van der Waals surface area contributed by atoms with Crippen LogP contribution in [0.3, 0.4) is 0 Å². The smallest absolute Gasteiger partial charge is 0.0184 e. The molecule has 80 valence electrons. The van der Waals surface area contributed by atoms with Crippen molar-refractivity contribution in [3.05, 3.63) is 48.5 Å². The van der Waals surface area contributed by atoms with Crippen LogP contribution in [0.1, 0.15) is 33.1 Å². The Morgan fingerprint density at radius 1 is 0.667 bits per heavy atom. The molecule has 0 radical (unpaired) electrons. The number of benzene rings is 2. The minimum Gasteiger partial charge on any atom is -0.0654 e. The van der Waals surface area contributed by atoms with Gasteiger partial charge in [0.25, 0.3) is 0 Å². The van der Waals surface area contributed by atoms with Gasteiger partial charge in [0.05, 0.1) is 0 Å². The Labute approximate surface area is 92.9 Å². The molecule has 0 bridgehead atoms. The number of fused-ring (bicyclic) bond motifs is 1. The van der Waals surface area contributed by atoms with Gasteiger partial charge in [-0.15, -0.1) is 0 Å². The van der Waals surface area contributed by atoms with Crippen molar-refractivity contribution in [1.29, 1.82) is 0 Å². The van der Waals surface area contributed by atoms with Gasteiger partial charge in [-0.25, -0.2) is 0 Å². The Balaban J connectivity index is 0.000000195. The van der Waals surface area contributed by atoms with Crippen molar-refractivity contribution in [3.63, 3.8) is 0 Å². The lowest BCUT2D eigenvalue weighted by molar-refractivity contribution is 0.772. The summed E-state index contributed by atoms with van der Waals surface area (Å²) >= 11 is 0. The largest absolute Gasteiger partial charge is 0.0654 e. The third kappa shape index (κ3) is 4.16. The fourth-order valence-electron chi connectivity index (χ4n) is 1.49. The van der Waals surface area contributed by atoms with Crippen LogP contribution in [0.4, 0.5) is 0 Å². The van der Waals surface area contributed by atoms with E-state index in [4.69, 9.17) is 0 Å². The Bertz CT molecular complexity index is 309. The molecule has 0 unspecified atom stereocenters. The lowest BCUT2D eigenvalue weighted by Crippen LogP contribution is -1.67. The summed E-state index contributed by atoms with van der Waals surface area (Å²) in [5.74, 6) is 0. The molecule has 0 heterocycles. The molecule has 2 aromatic carbocycles. The zero-order valence-electron chi connectivity index (χ0n) is 9.74. The summed E-state index contributed by atoms with van der Waals surface area (Å²) in [5.41, 5.74) is 0. The van der Waals surface area contributed by atoms with Gasteiger partial charge in [-0.3, -0.25) is 0 Å². The van der Waals surface area contributed by atoms with Crippen molar-refractivity contribution in [2.45, 2.75) is 33.1 Å². The molecule has 0 aliphatic rings. The van der Waals surface area contributed by atoms with Gasteiger partial charge in [-0.2, -0.15) is 0 Å². The summed E-state index contributed by atoms with van der Waals surface area (Å²) in [4.78, 5) is 0. The van der Waals surface area contributed by atoms with Gasteiger partial charge >= 0.3 is 0 Å². The fourth-order valence-corrected chi connectivity index (χ4v) is 1.49. The zero-order chi connectivity index (χ0) is 10.9. The first-order valence-corrected chi connectivity index (χ1v) is 5.82. The van der Waals surface area contributed by atoms with Gasteiger partial charge in [-0.05, 0) is 10.8 Å². The first-order chi connectivity index (χ1) is 7.38. The maximum absolute atomic E-state index is 2.21. The molecule has 0 aliphatic carbocycles. The molecular weight excluding hydrogens is 180 g/mol. The molecule has 0 N–H and O–H groups in total. The number of rotatable bonds is 2. The molecule has 2 aromatic rings. The molecule has 0 fully saturated rings. The monoisotopic (exact) mass is 200 g/mol. The molecule has 0 atom stereocenters. The SMILES string of the molecule is CCCCC.c1ccc2ccccc2c1. The Kier molecular flexibility index (Phi) is 5.54. The molecule has 2 rings (SSSR count). The maximum Gasteiger partial charge on any atom is -0.0184 e. The van der Waals surface area contributed by atoms with E-state index in [0.717, 1.165) is 0 Å². The van der Waals surface area contributed by atoms with Crippen LogP contribution in [0.5, 0.6) is 0 Å². The molecule has 15 heavy (non-hydrogen) atoms. The second-order valence-electron chi connectivity index (χ2n) is 3.70. The predicted molar refractivity (Wildman–Crippen MR) is 69.1 cm³/mol. The van der Waals surface area contributed by atoms with E-state index in [0.29, 0.717) is 0 Å². The first kappa shape index (κ1) is 11.8. The molecule has 0 nitrogen and oxygen atoms in total. The summed E-state index contributed by atoms with van der Waals surface area (Å²) in [5, 5.41) is 2.62. The van der Waals surface area contributed by atoms with Crippen molar-refractivity contribution in [3.8, 4) is 0 Å². The van der Waals surface area contributed by atoms with Gasteiger partial charge in [-0.1, -0.05) is 81.6 Å². The van der Waals surface area contributed by atoms with Crippen molar-refractivity contribution in [2.75, 3.05) is 0 Å². The van der Waals surface area contributed by atoms with Gasteiger partial charge in [0.2, 0.25) is 0 Å². The normalized spacial score (nSPS) is 9.47. The van der Waals surface area contributed by atoms with E-state index in [1.165, 1.54) is 30.0 Å². The van der Waals surface area contributed by atoms with Crippen LogP contribution in [0.25, 0.3) is 10.8 Å². The maximum atomic E-state index is 2.21. The molecule has 0 amide bonds. The minimum absolute atomic E-state index is 1.31. The van der Waals surface area contributed by atoms with E-state index >= 15 is 0 Å². The lowest BCUT2D eigenvalue weighted by atomic mass is 10.1. The van der Waals surface area contributed by atoms with Crippen molar-refractivity contribution in [1.82, 2.24) is 0 Å². The highest BCUT2D eigenvalue weighted by molar-refractivity contribution is 5.81. The van der Waals surface area contributed by atoms with Gasteiger partial charge in [0, 0.05) is 0 Å². The second kappa shape index (κ2) is 7.05. The molecule has 0 saturated heterocycles. The Hall–Kier alpha value is -1.30. The van der Waals surface area contributed by atoms with Crippen molar-refractivity contribution >= 4 is 10.8 Å². The third-order valence-electron chi connectivity index (χ3n) is 2.37. The summed E-state index contributed by atoms with van der Waals surface area (Å²) in [6.45, 7) is 4.42. The van der Waals surface area contributed by atoms with E-state index in [9.17, 15) is 0 Å². The summed E-state index contributed by atoms with van der Waals surface area (Å²) in [6.07, 6.45) is 4.08. The van der Waals surface area contributed by atoms with Crippen LogP contribution in [-0.2, 0) is 0 Å². The predicted octanol–water partition coefficient (Wildman–Crippen LogP) is 5.04. The molecule has 0 aromatic heterocycles. The van der Waals surface area contributed by atoms with E-state index in [-0.39, 0.29) is 0 Å². The highest BCUT2D eigenvalue weighted by atomic mass is 13.9. The third-order valence-corrected chi connectivity index (χ3v) is 2.37. The number of unbranched alkanes of at least 4 members (excludes halogenated alkanes) is 2. The highest BCUT2D eigenvalue weighted by Gasteiger charge is 1.85. The topological polar surface area (TPSA) is 0 Å². The van der Waals surface area contributed by atoms with E-state index in [1.807, 2.05) is 0 Å². The fraction of sp³-hybridized carbons (Fsp3) is 0.333. The van der Waals surface area contributed by atoms with Gasteiger partial charge in [0.15, 0.2) is 0 Å². The van der Waals surface area contributed by atoms with Crippen LogP contribution < -0.4 is 0 Å². The zero-order valence-corrected chi connectivity index (χ0v) is 9.74. The summed E-state index contributed by atoms with van der Waals surface area (Å²) < 4.78 is 0. The van der Waals surface area contributed by atoms with Crippen LogP contribution in [-0.4, -0.2) is 0 Å². The number of hydrogen-bond acceptors (Lipinski definition) is 0. The van der Waals surface area contributed by atoms with Crippen LogP contribution >= 0.6 is 0 Å². The average molecular weight is 200 g/mol. The molecule has 0 heteroatoms. The number of hydrogen-bond donors (Lipinski definition) is 0. The summed E-state index contributed by atoms with van der Waals surface area (Å²) in [7, 11) is 0. The minimum atomic E-state index is 1.31. The van der Waals surface area contributed by atoms with Crippen LogP contribution in [0, 0.1) is 0 Å². The van der Waals surface area contributed by atoms with Gasteiger partial charge in [0.1, 0.15) is 0 Å². The second-order valence-corrected chi connectivity index (χ2v) is 3.70. The van der Waals surface area contributed by atoms with E-state index < -0.39 is 0 Å². The standard InChI is InChI=1S/C10H8.C5H12/c1-2-6-10-8-4-3-7-9(10)5-1;1-3-5-4-2/h1-8H;3-5H2,1-2H3. The first-order valence-electron chi connectivity index (χ1n) is 5.82. The highest BCUT2D eigenvalue weighted by Crippen LogP contribution is 2.11. The van der Waals surface area contributed by atoms with Gasteiger partial charge < -0.3 is 0 Å². The average Bonchev–Trinajstić information content (AvgIpc) is 2.31. The van der Waals surface area contributed by atoms with Crippen molar-refractivity contribution < 1.29 is 0 Å². The molecule has 0 saturated carbocycles. The lowest BCUT2D eigenvalue weighted by Gasteiger charge is -1.92. The van der Waals surface area contributed by atoms with Crippen LogP contribution in [0.15, 0.2) is 48.5 Å².